The molecule has 1 aromatic carbocycles. The summed E-state index contributed by atoms with van der Waals surface area (Å²) in [5.74, 6) is 0.470. The van der Waals surface area contributed by atoms with Crippen molar-refractivity contribution >= 4 is 11.4 Å². The number of aliphatic hydroxyl groups is 1. The Balaban J connectivity index is 2.26. The molecular weight excluding hydrogens is 272 g/mol. The van der Waals surface area contributed by atoms with Gasteiger partial charge in [-0.15, -0.1) is 0 Å². The lowest BCUT2D eigenvalue weighted by Crippen LogP contribution is -2.43. The van der Waals surface area contributed by atoms with Gasteiger partial charge in [-0.25, -0.2) is 0 Å². The maximum absolute atomic E-state index is 11.0. The number of aliphatic hydroxyl groups excluding tert-OH is 1. The Morgan fingerprint density at radius 2 is 2.05 bits per heavy atom. The van der Waals surface area contributed by atoms with Crippen LogP contribution in [0.3, 0.4) is 0 Å². The van der Waals surface area contributed by atoms with E-state index in [-0.39, 0.29) is 17.8 Å². The number of anilines is 1. The smallest absolute Gasteiger partial charge is 0.275 e. The van der Waals surface area contributed by atoms with Crippen molar-refractivity contribution in [1.82, 2.24) is 0 Å². The molecule has 1 aliphatic rings. The van der Waals surface area contributed by atoms with Crippen LogP contribution < -0.4 is 10.1 Å². The second-order valence-electron chi connectivity index (χ2n) is 5.53. The first-order valence-corrected chi connectivity index (χ1v) is 7.40. The highest BCUT2D eigenvalue weighted by Crippen LogP contribution is 2.34. The zero-order chi connectivity index (χ0) is 15.3. The van der Waals surface area contributed by atoms with Gasteiger partial charge < -0.3 is 15.2 Å². The Morgan fingerprint density at radius 1 is 1.33 bits per heavy atom. The highest BCUT2D eigenvalue weighted by molar-refractivity contribution is 5.57. The number of ether oxygens (including phenoxy) is 1. The van der Waals surface area contributed by atoms with Crippen LogP contribution in [0.25, 0.3) is 0 Å². The van der Waals surface area contributed by atoms with Gasteiger partial charge in [-0.05, 0) is 19.8 Å². The first kappa shape index (κ1) is 15.6. The molecule has 21 heavy (non-hydrogen) atoms. The van der Waals surface area contributed by atoms with Crippen molar-refractivity contribution in [2.45, 2.75) is 44.6 Å². The quantitative estimate of drug-likeness (QED) is 0.622. The first-order chi connectivity index (χ1) is 10.1. The summed E-state index contributed by atoms with van der Waals surface area (Å²) in [7, 11) is 0. The van der Waals surface area contributed by atoms with Crippen molar-refractivity contribution in [3.05, 3.63) is 28.3 Å². The molecule has 0 saturated heterocycles. The van der Waals surface area contributed by atoms with E-state index in [9.17, 15) is 15.2 Å². The number of hydrogen-bond acceptors (Lipinski definition) is 5. The minimum absolute atomic E-state index is 0.00708. The van der Waals surface area contributed by atoms with Crippen LogP contribution in [0.4, 0.5) is 11.4 Å². The van der Waals surface area contributed by atoms with Gasteiger partial charge in [0.1, 0.15) is 5.75 Å². The van der Waals surface area contributed by atoms with E-state index in [0.717, 1.165) is 25.7 Å². The molecule has 1 saturated carbocycles. The minimum atomic E-state index is -0.430. The Hall–Kier alpha value is -1.82. The van der Waals surface area contributed by atoms with Gasteiger partial charge in [0.2, 0.25) is 0 Å². The zero-order valence-electron chi connectivity index (χ0n) is 12.3. The zero-order valence-corrected chi connectivity index (χ0v) is 12.3. The number of nitrogens with zero attached hydrogens (tertiary/aromatic N) is 1. The Labute approximate surface area is 124 Å². The van der Waals surface area contributed by atoms with E-state index in [1.54, 1.807) is 6.07 Å². The molecular formula is C15H22N2O4. The van der Waals surface area contributed by atoms with Crippen LogP contribution in [-0.2, 0) is 0 Å². The Morgan fingerprint density at radius 3 is 2.62 bits per heavy atom. The molecule has 0 amide bonds. The molecule has 0 heterocycles. The molecule has 2 rings (SSSR count). The van der Waals surface area contributed by atoms with E-state index in [1.807, 2.05) is 6.92 Å². The molecule has 0 aromatic heterocycles. The third kappa shape index (κ3) is 3.85. The fourth-order valence-electron chi connectivity index (χ4n) is 2.87. The second kappa shape index (κ2) is 6.76. The summed E-state index contributed by atoms with van der Waals surface area (Å²) in [5, 5.41) is 24.1. The summed E-state index contributed by atoms with van der Waals surface area (Å²) in [6.45, 7) is 2.31. The summed E-state index contributed by atoms with van der Waals surface area (Å²) in [5.41, 5.74) is 0.243. The Kier molecular flexibility index (Phi) is 5.01. The van der Waals surface area contributed by atoms with Crippen molar-refractivity contribution in [3.8, 4) is 5.75 Å². The fraction of sp³-hybridized carbons (Fsp3) is 0.600. The molecule has 0 spiro atoms. The number of hydrogen-bond donors (Lipinski definition) is 2. The van der Waals surface area contributed by atoms with Crippen LogP contribution in [-0.4, -0.2) is 28.8 Å². The standard InChI is InChI=1S/C15H22N2O4/c1-2-21-14-9-12(8-13(10-14)17(19)20)16-15(11-18)6-4-3-5-7-15/h8-10,16,18H,2-7,11H2,1H3. The van der Waals surface area contributed by atoms with E-state index >= 15 is 0 Å². The largest absolute Gasteiger partial charge is 0.494 e. The van der Waals surface area contributed by atoms with Crippen molar-refractivity contribution in [3.63, 3.8) is 0 Å². The van der Waals surface area contributed by atoms with Crippen molar-refractivity contribution in [2.75, 3.05) is 18.5 Å². The van der Waals surface area contributed by atoms with Gasteiger partial charge in [-0.1, -0.05) is 19.3 Å². The molecule has 1 aromatic rings. The lowest BCUT2D eigenvalue weighted by Gasteiger charge is -2.37. The average Bonchev–Trinajstić information content (AvgIpc) is 2.48. The minimum Gasteiger partial charge on any atom is -0.494 e. The molecule has 0 bridgehead atoms. The van der Waals surface area contributed by atoms with E-state index in [4.69, 9.17) is 4.74 Å². The molecule has 1 fully saturated rings. The van der Waals surface area contributed by atoms with E-state index in [2.05, 4.69) is 5.32 Å². The van der Waals surface area contributed by atoms with E-state index < -0.39 is 4.92 Å². The van der Waals surface area contributed by atoms with Crippen LogP contribution in [0.2, 0.25) is 0 Å². The number of non-ortho nitro benzene ring substituents is 1. The predicted molar refractivity (Wildman–Crippen MR) is 80.8 cm³/mol. The van der Waals surface area contributed by atoms with Crippen molar-refractivity contribution in [2.24, 2.45) is 0 Å². The van der Waals surface area contributed by atoms with Gasteiger partial charge >= 0.3 is 0 Å². The van der Waals surface area contributed by atoms with Crippen LogP contribution in [0.15, 0.2) is 18.2 Å². The second-order valence-corrected chi connectivity index (χ2v) is 5.53. The van der Waals surface area contributed by atoms with Crippen molar-refractivity contribution in [1.29, 1.82) is 0 Å². The molecule has 6 nitrogen and oxygen atoms in total. The fourth-order valence-corrected chi connectivity index (χ4v) is 2.87. The summed E-state index contributed by atoms with van der Waals surface area (Å²) in [6, 6.07) is 4.66. The van der Waals surface area contributed by atoms with Gasteiger partial charge in [0.05, 0.1) is 29.7 Å². The van der Waals surface area contributed by atoms with Gasteiger partial charge in [-0.2, -0.15) is 0 Å². The predicted octanol–water partition coefficient (Wildman–Crippen LogP) is 3.10. The van der Waals surface area contributed by atoms with Crippen LogP contribution in [0.1, 0.15) is 39.0 Å². The Bertz CT molecular complexity index is 498. The third-order valence-electron chi connectivity index (χ3n) is 3.94. The molecule has 2 N–H and O–H groups in total. The number of nitro groups is 1. The average molecular weight is 294 g/mol. The highest BCUT2D eigenvalue weighted by Gasteiger charge is 2.31. The van der Waals surface area contributed by atoms with E-state index in [1.165, 1.54) is 18.6 Å². The molecule has 0 aliphatic heterocycles. The van der Waals surface area contributed by atoms with E-state index in [0.29, 0.717) is 18.0 Å². The molecule has 116 valence electrons. The number of nitrogens with one attached hydrogen (secondary N) is 1. The van der Waals surface area contributed by atoms with Gasteiger partial charge in [0.25, 0.3) is 5.69 Å². The number of benzene rings is 1. The van der Waals surface area contributed by atoms with Crippen LogP contribution in [0, 0.1) is 10.1 Å². The monoisotopic (exact) mass is 294 g/mol. The maximum Gasteiger partial charge on any atom is 0.275 e. The number of rotatable bonds is 6. The summed E-state index contributed by atoms with van der Waals surface area (Å²) < 4.78 is 5.39. The van der Waals surface area contributed by atoms with Gasteiger partial charge in [0, 0.05) is 17.8 Å². The summed E-state index contributed by atoms with van der Waals surface area (Å²) in [4.78, 5) is 10.6. The molecule has 0 atom stereocenters. The SMILES string of the molecule is CCOc1cc(NC2(CO)CCCCC2)cc([N+](=O)[O-])c1. The third-order valence-corrected chi connectivity index (χ3v) is 3.94. The summed E-state index contributed by atoms with van der Waals surface area (Å²) >= 11 is 0. The number of nitro benzene ring substituents is 1. The lowest BCUT2D eigenvalue weighted by molar-refractivity contribution is -0.384. The molecule has 6 heteroatoms. The topological polar surface area (TPSA) is 84.6 Å². The lowest BCUT2D eigenvalue weighted by atomic mass is 9.82. The molecule has 0 radical (unpaired) electrons. The van der Waals surface area contributed by atoms with Gasteiger partial charge in [-0.3, -0.25) is 10.1 Å². The normalized spacial score (nSPS) is 17.2. The summed E-state index contributed by atoms with van der Waals surface area (Å²) in [6.07, 6.45) is 5.02. The molecule has 1 aliphatic carbocycles. The van der Waals surface area contributed by atoms with Crippen LogP contribution in [0.5, 0.6) is 5.75 Å². The van der Waals surface area contributed by atoms with Crippen molar-refractivity contribution < 1.29 is 14.8 Å². The molecule has 0 unspecified atom stereocenters. The van der Waals surface area contributed by atoms with Crippen LogP contribution >= 0.6 is 0 Å². The van der Waals surface area contributed by atoms with Gasteiger partial charge in [0.15, 0.2) is 0 Å². The maximum atomic E-state index is 11.0. The highest BCUT2D eigenvalue weighted by atomic mass is 16.6. The first-order valence-electron chi connectivity index (χ1n) is 7.40.